The number of hydrogen-bond acceptors (Lipinski definition) is 5. The second-order valence-corrected chi connectivity index (χ2v) is 7.41. The van der Waals surface area contributed by atoms with Crippen molar-refractivity contribution in [3.05, 3.63) is 23.8 Å². The van der Waals surface area contributed by atoms with E-state index in [1.165, 1.54) is 31.5 Å². The minimum absolute atomic E-state index is 0.348. The molecule has 0 saturated carbocycles. The standard InChI is InChI=1S/C19H28N2O3/c1-14-10-21(11-15(2)24-14)17-5-7-20(8-6-17)12-16-3-4-18-19(9-16)23-13-22-18/h3-4,9,14-15,17H,5-8,10-13H2,1-2H3. The summed E-state index contributed by atoms with van der Waals surface area (Å²) >= 11 is 0. The van der Waals surface area contributed by atoms with Gasteiger partial charge in [-0.15, -0.1) is 0 Å². The molecule has 2 saturated heterocycles. The molecule has 0 N–H and O–H groups in total. The van der Waals surface area contributed by atoms with Gasteiger partial charge in [-0.3, -0.25) is 9.80 Å². The van der Waals surface area contributed by atoms with Crippen LogP contribution >= 0.6 is 0 Å². The van der Waals surface area contributed by atoms with E-state index >= 15 is 0 Å². The number of rotatable bonds is 3. The highest BCUT2D eigenvalue weighted by Crippen LogP contribution is 2.33. The summed E-state index contributed by atoms with van der Waals surface area (Å²) < 4.78 is 16.7. The van der Waals surface area contributed by atoms with Crippen LogP contribution < -0.4 is 9.47 Å². The molecule has 2 unspecified atom stereocenters. The fourth-order valence-electron chi connectivity index (χ4n) is 4.26. The molecule has 0 aliphatic carbocycles. The summed E-state index contributed by atoms with van der Waals surface area (Å²) in [6, 6.07) is 7.03. The molecule has 5 nitrogen and oxygen atoms in total. The van der Waals surface area contributed by atoms with Crippen molar-refractivity contribution in [2.24, 2.45) is 0 Å². The van der Waals surface area contributed by atoms with E-state index in [1.807, 2.05) is 6.07 Å². The van der Waals surface area contributed by atoms with Crippen LogP contribution in [0.4, 0.5) is 0 Å². The Hall–Kier alpha value is -1.30. The van der Waals surface area contributed by atoms with E-state index in [0.717, 1.165) is 31.1 Å². The van der Waals surface area contributed by atoms with Crippen molar-refractivity contribution < 1.29 is 14.2 Å². The topological polar surface area (TPSA) is 34.2 Å². The molecule has 3 heterocycles. The molecule has 3 aliphatic rings. The minimum Gasteiger partial charge on any atom is -0.454 e. The first-order valence-corrected chi connectivity index (χ1v) is 9.18. The van der Waals surface area contributed by atoms with Gasteiger partial charge in [-0.05, 0) is 57.5 Å². The highest BCUT2D eigenvalue weighted by atomic mass is 16.7. The van der Waals surface area contributed by atoms with Gasteiger partial charge in [0.15, 0.2) is 11.5 Å². The minimum atomic E-state index is 0.348. The molecule has 132 valence electrons. The third kappa shape index (κ3) is 3.53. The van der Waals surface area contributed by atoms with Crippen molar-refractivity contribution in [2.75, 3.05) is 33.0 Å². The maximum absolute atomic E-state index is 5.87. The second kappa shape index (κ2) is 6.90. The van der Waals surface area contributed by atoms with Gasteiger partial charge in [0, 0.05) is 25.7 Å². The number of hydrogen-bond donors (Lipinski definition) is 0. The Kier molecular flexibility index (Phi) is 4.66. The normalized spacial score (nSPS) is 29.1. The highest BCUT2D eigenvalue weighted by Gasteiger charge is 2.30. The van der Waals surface area contributed by atoms with Gasteiger partial charge in [0.1, 0.15) is 0 Å². The van der Waals surface area contributed by atoms with E-state index < -0.39 is 0 Å². The van der Waals surface area contributed by atoms with Crippen LogP contribution in [-0.4, -0.2) is 61.0 Å². The molecule has 0 radical (unpaired) electrons. The first-order valence-electron chi connectivity index (χ1n) is 9.18. The third-order valence-corrected chi connectivity index (χ3v) is 5.36. The van der Waals surface area contributed by atoms with Gasteiger partial charge in [0.05, 0.1) is 12.2 Å². The lowest BCUT2D eigenvalue weighted by Gasteiger charge is -2.43. The molecule has 1 aromatic rings. The first kappa shape index (κ1) is 16.2. The van der Waals surface area contributed by atoms with E-state index in [4.69, 9.17) is 14.2 Å². The zero-order valence-electron chi connectivity index (χ0n) is 14.7. The molecular weight excluding hydrogens is 304 g/mol. The van der Waals surface area contributed by atoms with Gasteiger partial charge in [-0.25, -0.2) is 0 Å². The van der Waals surface area contributed by atoms with Gasteiger partial charge in [0.2, 0.25) is 6.79 Å². The van der Waals surface area contributed by atoms with E-state index in [9.17, 15) is 0 Å². The fraction of sp³-hybridized carbons (Fsp3) is 0.684. The zero-order valence-corrected chi connectivity index (χ0v) is 14.7. The van der Waals surface area contributed by atoms with Gasteiger partial charge < -0.3 is 14.2 Å². The number of nitrogens with zero attached hydrogens (tertiary/aromatic N) is 2. The molecule has 1 aromatic carbocycles. The smallest absolute Gasteiger partial charge is 0.231 e. The number of ether oxygens (including phenoxy) is 3. The van der Waals surface area contributed by atoms with E-state index in [1.54, 1.807) is 0 Å². The molecule has 2 fully saturated rings. The van der Waals surface area contributed by atoms with Crippen molar-refractivity contribution in [3.8, 4) is 11.5 Å². The van der Waals surface area contributed by atoms with E-state index in [-0.39, 0.29) is 0 Å². The molecular formula is C19H28N2O3. The van der Waals surface area contributed by atoms with Crippen LogP contribution in [0.3, 0.4) is 0 Å². The Morgan fingerprint density at radius 1 is 1.00 bits per heavy atom. The summed E-state index contributed by atoms with van der Waals surface area (Å²) in [4.78, 5) is 5.21. The summed E-state index contributed by atoms with van der Waals surface area (Å²) in [5, 5.41) is 0. The Morgan fingerprint density at radius 2 is 1.71 bits per heavy atom. The Morgan fingerprint density at radius 3 is 2.46 bits per heavy atom. The van der Waals surface area contributed by atoms with E-state index in [2.05, 4.69) is 35.8 Å². The molecule has 2 atom stereocenters. The quantitative estimate of drug-likeness (QED) is 0.849. The van der Waals surface area contributed by atoms with Crippen LogP contribution in [0.2, 0.25) is 0 Å². The monoisotopic (exact) mass is 332 g/mol. The zero-order chi connectivity index (χ0) is 16.5. The maximum atomic E-state index is 5.87. The van der Waals surface area contributed by atoms with Crippen molar-refractivity contribution in [3.63, 3.8) is 0 Å². The molecule has 0 amide bonds. The van der Waals surface area contributed by atoms with Gasteiger partial charge in [-0.2, -0.15) is 0 Å². The first-order chi connectivity index (χ1) is 11.7. The predicted molar refractivity (Wildman–Crippen MR) is 92.4 cm³/mol. The second-order valence-electron chi connectivity index (χ2n) is 7.41. The average molecular weight is 332 g/mol. The van der Waals surface area contributed by atoms with Gasteiger partial charge in [-0.1, -0.05) is 6.07 Å². The van der Waals surface area contributed by atoms with Crippen molar-refractivity contribution in [2.45, 2.75) is 51.5 Å². The lowest BCUT2D eigenvalue weighted by Crippen LogP contribution is -2.53. The van der Waals surface area contributed by atoms with Gasteiger partial charge in [0.25, 0.3) is 0 Å². The third-order valence-electron chi connectivity index (χ3n) is 5.36. The maximum Gasteiger partial charge on any atom is 0.231 e. The summed E-state index contributed by atoms with van der Waals surface area (Å²) in [5.74, 6) is 1.76. The number of piperidine rings is 1. The van der Waals surface area contributed by atoms with Crippen LogP contribution in [0.1, 0.15) is 32.3 Å². The highest BCUT2D eigenvalue weighted by molar-refractivity contribution is 5.44. The molecule has 0 aromatic heterocycles. The molecule has 5 heteroatoms. The Labute approximate surface area is 144 Å². The molecule has 24 heavy (non-hydrogen) atoms. The van der Waals surface area contributed by atoms with Crippen LogP contribution in [0.5, 0.6) is 11.5 Å². The Balaban J connectivity index is 1.30. The van der Waals surface area contributed by atoms with Crippen molar-refractivity contribution in [1.29, 1.82) is 0 Å². The molecule has 0 spiro atoms. The summed E-state index contributed by atoms with van der Waals surface area (Å²) in [6.45, 7) is 10.2. The fourth-order valence-corrected chi connectivity index (χ4v) is 4.26. The Bertz CT molecular complexity index is 562. The lowest BCUT2D eigenvalue weighted by atomic mass is 10.0. The SMILES string of the molecule is CC1CN(C2CCN(Cc3ccc4c(c3)OCO4)CC2)CC(C)O1. The molecule has 4 rings (SSSR count). The van der Waals surface area contributed by atoms with Crippen LogP contribution in [-0.2, 0) is 11.3 Å². The number of likely N-dealkylation sites (tertiary alicyclic amines) is 1. The lowest BCUT2D eigenvalue weighted by molar-refractivity contribution is -0.0865. The van der Waals surface area contributed by atoms with Crippen LogP contribution in [0, 0.1) is 0 Å². The van der Waals surface area contributed by atoms with Crippen molar-refractivity contribution in [1.82, 2.24) is 9.80 Å². The number of fused-ring (bicyclic) bond motifs is 1. The van der Waals surface area contributed by atoms with Crippen LogP contribution in [0.15, 0.2) is 18.2 Å². The van der Waals surface area contributed by atoms with Crippen molar-refractivity contribution >= 4 is 0 Å². The summed E-state index contributed by atoms with van der Waals surface area (Å²) in [5.41, 5.74) is 1.31. The van der Waals surface area contributed by atoms with Gasteiger partial charge >= 0.3 is 0 Å². The summed E-state index contributed by atoms with van der Waals surface area (Å²) in [7, 11) is 0. The number of benzene rings is 1. The average Bonchev–Trinajstić information content (AvgIpc) is 3.02. The largest absolute Gasteiger partial charge is 0.454 e. The van der Waals surface area contributed by atoms with Crippen LogP contribution in [0.25, 0.3) is 0 Å². The van der Waals surface area contributed by atoms with E-state index in [0.29, 0.717) is 25.0 Å². The predicted octanol–water partition coefficient (Wildman–Crippen LogP) is 2.49. The number of morpholine rings is 1. The summed E-state index contributed by atoms with van der Waals surface area (Å²) in [6.07, 6.45) is 3.23. The molecule has 3 aliphatic heterocycles. The molecule has 0 bridgehead atoms.